The van der Waals surface area contributed by atoms with E-state index in [2.05, 4.69) is 24.1 Å². The summed E-state index contributed by atoms with van der Waals surface area (Å²) in [4.78, 5) is 16.0. The quantitative estimate of drug-likeness (QED) is 0.773. The highest BCUT2D eigenvalue weighted by Gasteiger charge is 2.35. The fourth-order valence-corrected chi connectivity index (χ4v) is 2.39. The predicted molar refractivity (Wildman–Crippen MR) is 63.4 cm³/mol. The van der Waals surface area contributed by atoms with Crippen molar-refractivity contribution in [3.63, 3.8) is 0 Å². The van der Waals surface area contributed by atoms with Crippen molar-refractivity contribution in [2.45, 2.75) is 32.4 Å². The zero-order valence-electron chi connectivity index (χ0n) is 10.7. The van der Waals surface area contributed by atoms with Gasteiger partial charge in [-0.05, 0) is 5.92 Å². The number of nitrogens with zero attached hydrogens (tertiary/aromatic N) is 2. The molecule has 0 fully saturated rings. The monoisotopic (exact) mass is 237 g/mol. The van der Waals surface area contributed by atoms with Crippen LogP contribution in [0, 0.1) is 5.92 Å². The van der Waals surface area contributed by atoms with Crippen molar-refractivity contribution in [3.05, 3.63) is 17.7 Å². The van der Waals surface area contributed by atoms with Gasteiger partial charge >= 0.3 is 5.97 Å². The van der Waals surface area contributed by atoms with Gasteiger partial charge < -0.3 is 9.30 Å². The molecule has 5 nitrogen and oxygen atoms in total. The molecular formula is C12H19N3O2. The summed E-state index contributed by atoms with van der Waals surface area (Å²) in [7, 11) is 3.41. The summed E-state index contributed by atoms with van der Waals surface area (Å²) in [5.74, 6) is 0.184. The van der Waals surface area contributed by atoms with Crippen LogP contribution in [0.5, 0.6) is 0 Å². The van der Waals surface area contributed by atoms with Crippen LogP contribution in [0.15, 0.2) is 6.33 Å². The molecule has 0 amide bonds. The van der Waals surface area contributed by atoms with Crippen molar-refractivity contribution in [2.24, 2.45) is 13.0 Å². The van der Waals surface area contributed by atoms with Crippen LogP contribution >= 0.6 is 0 Å². The van der Waals surface area contributed by atoms with Crippen LogP contribution < -0.4 is 5.32 Å². The van der Waals surface area contributed by atoms with E-state index in [0.717, 1.165) is 5.69 Å². The van der Waals surface area contributed by atoms with E-state index >= 15 is 0 Å². The van der Waals surface area contributed by atoms with E-state index in [-0.39, 0.29) is 18.1 Å². The first kappa shape index (κ1) is 12.1. The Morgan fingerprint density at radius 1 is 1.65 bits per heavy atom. The van der Waals surface area contributed by atoms with E-state index in [0.29, 0.717) is 12.3 Å². The average Bonchev–Trinajstić information content (AvgIpc) is 2.69. The maximum absolute atomic E-state index is 11.6. The number of rotatable bonds is 2. The summed E-state index contributed by atoms with van der Waals surface area (Å²) >= 11 is 0. The minimum atomic E-state index is -0.283. The third kappa shape index (κ3) is 2.07. The molecule has 2 atom stereocenters. The molecule has 2 rings (SSSR count). The topological polar surface area (TPSA) is 56.1 Å². The first-order chi connectivity index (χ1) is 8.04. The van der Waals surface area contributed by atoms with Gasteiger partial charge in [0.1, 0.15) is 6.04 Å². The van der Waals surface area contributed by atoms with Crippen LogP contribution in [0.25, 0.3) is 0 Å². The highest BCUT2D eigenvalue weighted by Crippen LogP contribution is 2.29. The maximum atomic E-state index is 11.6. The normalized spacial score (nSPS) is 23.6. The number of fused-ring (bicyclic) bond motifs is 1. The molecular weight excluding hydrogens is 218 g/mol. The van der Waals surface area contributed by atoms with Gasteiger partial charge in [0.05, 0.1) is 30.9 Å². The van der Waals surface area contributed by atoms with E-state index in [9.17, 15) is 4.79 Å². The third-order valence-electron chi connectivity index (χ3n) is 3.29. The average molecular weight is 237 g/mol. The lowest BCUT2D eigenvalue weighted by Gasteiger charge is -2.32. The van der Waals surface area contributed by atoms with Gasteiger partial charge in [-0.1, -0.05) is 13.8 Å². The van der Waals surface area contributed by atoms with Crippen LogP contribution in [-0.4, -0.2) is 28.7 Å². The van der Waals surface area contributed by atoms with Crippen molar-refractivity contribution in [1.82, 2.24) is 14.9 Å². The van der Waals surface area contributed by atoms with E-state index in [4.69, 9.17) is 4.74 Å². The van der Waals surface area contributed by atoms with E-state index in [1.807, 2.05) is 11.6 Å². The van der Waals surface area contributed by atoms with Crippen LogP contribution in [0.2, 0.25) is 0 Å². The number of methoxy groups -OCH3 is 1. The zero-order chi connectivity index (χ0) is 12.6. The lowest BCUT2D eigenvalue weighted by atomic mass is 9.91. The molecule has 2 heterocycles. The summed E-state index contributed by atoms with van der Waals surface area (Å²) in [6.07, 6.45) is 2.41. The Morgan fingerprint density at radius 2 is 2.35 bits per heavy atom. The van der Waals surface area contributed by atoms with Gasteiger partial charge in [0.2, 0.25) is 0 Å². The first-order valence-corrected chi connectivity index (χ1v) is 5.88. The van der Waals surface area contributed by atoms with Gasteiger partial charge in [0.25, 0.3) is 0 Å². The van der Waals surface area contributed by atoms with Crippen molar-refractivity contribution in [3.8, 4) is 0 Å². The Morgan fingerprint density at radius 3 is 2.94 bits per heavy atom. The molecule has 17 heavy (non-hydrogen) atoms. The van der Waals surface area contributed by atoms with Gasteiger partial charge in [-0.3, -0.25) is 10.1 Å². The number of nitrogens with one attached hydrogen (secondary N) is 1. The first-order valence-electron chi connectivity index (χ1n) is 5.88. The van der Waals surface area contributed by atoms with E-state index < -0.39 is 0 Å². The number of imidazole rings is 1. The van der Waals surface area contributed by atoms with Crippen molar-refractivity contribution in [2.75, 3.05) is 7.11 Å². The second-order valence-electron chi connectivity index (χ2n) is 4.86. The van der Waals surface area contributed by atoms with Crippen LogP contribution in [0.3, 0.4) is 0 Å². The van der Waals surface area contributed by atoms with Crippen molar-refractivity contribution < 1.29 is 9.53 Å². The fraction of sp³-hybridized carbons (Fsp3) is 0.667. The lowest BCUT2D eigenvalue weighted by Crippen LogP contribution is -2.47. The summed E-state index contributed by atoms with van der Waals surface area (Å²) in [5.41, 5.74) is 2.18. The zero-order valence-corrected chi connectivity index (χ0v) is 10.7. The molecule has 1 unspecified atom stereocenters. The minimum absolute atomic E-state index is 0.148. The standard InChI is InChI=1S/C12H19N3O2/c1-7(2)10-11-8(13-6-15(11)3)5-9(14-10)12(16)17-4/h6-7,9-10,14H,5H2,1-4H3/t9-,10?/m1/s1. The third-order valence-corrected chi connectivity index (χ3v) is 3.29. The van der Waals surface area contributed by atoms with E-state index in [1.54, 1.807) is 6.33 Å². The Balaban J connectivity index is 2.34. The van der Waals surface area contributed by atoms with Crippen LogP contribution in [-0.2, 0) is 23.0 Å². The Kier molecular flexibility index (Phi) is 3.19. The van der Waals surface area contributed by atoms with Gasteiger partial charge in [-0.2, -0.15) is 0 Å². The van der Waals surface area contributed by atoms with E-state index in [1.165, 1.54) is 12.8 Å². The fourth-order valence-electron chi connectivity index (χ4n) is 2.39. The number of aromatic nitrogens is 2. The number of hydrogen-bond acceptors (Lipinski definition) is 4. The highest BCUT2D eigenvalue weighted by atomic mass is 16.5. The molecule has 1 aliphatic heterocycles. The number of carbonyl (C=O) groups excluding carboxylic acids is 1. The second-order valence-corrected chi connectivity index (χ2v) is 4.86. The Hall–Kier alpha value is -1.36. The summed E-state index contributed by atoms with van der Waals surface area (Å²) in [6, 6.07) is -0.134. The van der Waals surface area contributed by atoms with Crippen LogP contribution in [0.4, 0.5) is 0 Å². The number of carbonyl (C=O) groups is 1. The largest absolute Gasteiger partial charge is 0.468 e. The van der Waals surface area contributed by atoms with Gasteiger partial charge in [0, 0.05) is 13.5 Å². The molecule has 0 radical (unpaired) electrons. The van der Waals surface area contributed by atoms with Crippen molar-refractivity contribution >= 4 is 5.97 Å². The summed E-state index contributed by atoms with van der Waals surface area (Å²) in [5, 5.41) is 3.35. The summed E-state index contributed by atoms with van der Waals surface area (Å²) < 4.78 is 6.83. The molecule has 1 aromatic rings. The number of aryl methyl sites for hydroxylation is 1. The summed E-state index contributed by atoms with van der Waals surface area (Å²) in [6.45, 7) is 4.27. The molecule has 0 saturated carbocycles. The van der Waals surface area contributed by atoms with Gasteiger partial charge in [-0.25, -0.2) is 4.98 Å². The maximum Gasteiger partial charge on any atom is 0.323 e. The molecule has 1 aliphatic rings. The van der Waals surface area contributed by atoms with Crippen molar-refractivity contribution in [1.29, 1.82) is 0 Å². The Bertz CT molecular complexity index is 425. The Labute approximate surface area is 101 Å². The number of hydrogen-bond donors (Lipinski definition) is 1. The van der Waals surface area contributed by atoms with Crippen LogP contribution in [0.1, 0.15) is 31.3 Å². The number of esters is 1. The predicted octanol–water partition coefficient (Wildman–Crippen LogP) is 0.804. The SMILES string of the molecule is COC(=O)[C@H]1Cc2ncn(C)c2C(C(C)C)N1. The molecule has 94 valence electrons. The van der Waals surface area contributed by atoms with Gasteiger partial charge in [0.15, 0.2) is 0 Å². The second kappa shape index (κ2) is 4.49. The molecule has 0 spiro atoms. The highest BCUT2D eigenvalue weighted by molar-refractivity contribution is 5.76. The molecule has 1 aromatic heterocycles. The molecule has 0 aromatic carbocycles. The molecule has 0 aliphatic carbocycles. The molecule has 1 N–H and O–H groups in total. The minimum Gasteiger partial charge on any atom is -0.468 e. The molecule has 5 heteroatoms. The molecule has 0 saturated heterocycles. The van der Waals surface area contributed by atoms with Gasteiger partial charge in [-0.15, -0.1) is 0 Å². The number of ether oxygens (including phenoxy) is 1. The lowest BCUT2D eigenvalue weighted by molar-refractivity contribution is -0.143. The molecule has 0 bridgehead atoms. The smallest absolute Gasteiger partial charge is 0.323 e.